The number of rotatable bonds is 7. The van der Waals surface area contributed by atoms with Crippen LogP contribution in [-0.2, 0) is 0 Å². The van der Waals surface area contributed by atoms with E-state index in [-0.39, 0.29) is 0 Å². The number of ether oxygens (including phenoxy) is 2. The summed E-state index contributed by atoms with van der Waals surface area (Å²) in [6, 6.07) is 5.36. The third-order valence-corrected chi connectivity index (χ3v) is 2.42. The Balaban J connectivity index is 2.81. The lowest BCUT2D eigenvalue weighted by molar-refractivity contribution is 0.171. The molecule has 0 saturated carbocycles. The topological polar surface area (TPSA) is 50.7 Å². The van der Waals surface area contributed by atoms with Crippen LogP contribution in [-0.4, -0.2) is 32.4 Å². The van der Waals surface area contributed by atoms with Crippen molar-refractivity contribution < 1.29 is 14.6 Å². The first-order valence-electron chi connectivity index (χ1n) is 5.44. The quantitative estimate of drug-likeness (QED) is 0.557. The fourth-order valence-corrected chi connectivity index (χ4v) is 1.53. The van der Waals surface area contributed by atoms with Crippen LogP contribution in [0.25, 0.3) is 0 Å². The maximum atomic E-state index is 10.0. The molecule has 0 heterocycles. The van der Waals surface area contributed by atoms with E-state index in [4.69, 9.17) is 9.47 Å². The summed E-state index contributed by atoms with van der Waals surface area (Å²) in [6.07, 6.45) is 1.11. The third kappa shape index (κ3) is 3.76. The molecule has 0 bridgehead atoms. The summed E-state index contributed by atoms with van der Waals surface area (Å²) in [7, 11) is 3.17. The molecule has 0 saturated heterocycles. The van der Waals surface area contributed by atoms with E-state index in [1.54, 1.807) is 38.5 Å². The van der Waals surface area contributed by atoms with Crippen molar-refractivity contribution in [2.75, 3.05) is 27.3 Å². The Morgan fingerprint density at radius 3 is 2.76 bits per heavy atom. The summed E-state index contributed by atoms with van der Waals surface area (Å²) in [5.41, 5.74) is 0.711. The van der Waals surface area contributed by atoms with Crippen LogP contribution in [0.5, 0.6) is 11.5 Å². The SMILES string of the molecule is C=CCNCC(O)c1cc(OC)ccc1OC. The number of aliphatic hydroxyl groups excluding tert-OH is 1. The molecule has 17 heavy (non-hydrogen) atoms. The van der Waals surface area contributed by atoms with Crippen molar-refractivity contribution in [1.29, 1.82) is 0 Å². The first-order chi connectivity index (χ1) is 8.22. The van der Waals surface area contributed by atoms with Crippen LogP contribution in [0.4, 0.5) is 0 Å². The Morgan fingerprint density at radius 2 is 2.18 bits per heavy atom. The fourth-order valence-electron chi connectivity index (χ4n) is 1.53. The van der Waals surface area contributed by atoms with Gasteiger partial charge in [-0.1, -0.05) is 6.08 Å². The van der Waals surface area contributed by atoms with Gasteiger partial charge in [-0.25, -0.2) is 0 Å². The van der Waals surface area contributed by atoms with Crippen molar-refractivity contribution >= 4 is 0 Å². The van der Waals surface area contributed by atoms with Crippen LogP contribution in [0, 0.1) is 0 Å². The molecule has 0 radical (unpaired) electrons. The molecule has 0 aliphatic rings. The highest BCUT2D eigenvalue weighted by molar-refractivity contribution is 5.41. The Labute approximate surface area is 102 Å². The van der Waals surface area contributed by atoms with Gasteiger partial charge in [-0.05, 0) is 18.2 Å². The normalized spacial score (nSPS) is 11.9. The Bertz CT molecular complexity index is 366. The molecule has 0 spiro atoms. The maximum absolute atomic E-state index is 10.0. The molecule has 0 fully saturated rings. The molecule has 1 unspecified atom stereocenters. The molecule has 0 amide bonds. The molecule has 0 aromatic heterocycles. The monoisotopic (exact) mass is 237 g/mol. The highest BCUT2D eigenvalue weighted by atomic mass is 16.5. The minimum absolute atomic E-state index is 0.440. The standard InChI is InChI=1S/C13H19NO3/c1-4-7-14-9-12(15)11-8-10(16-2)5-6-13(11)17-3/h4-6,8,12,14-15H,1,7,9H2,2-3H3. The van der Waals surface area contributed by atoms with Crippen molar-refractivity contribution in [3.05, 3.63) is 36.4 Å². The summed E-state index contributed by atoms with van der Waals surface area (Å²) < 4.78 is 10.3. The van der Waals surface area contributed by atoms with E-state index < -0.39 is 6.10 Å². The summed E-state index contributed by atoms with van der Waals surface area (Å²) in [6.45, 7) is 4.70. The van der Waals surface area contributed by atoms with Crippen LogP contribution >= 0.6 is 0 Å². The van der Waals surface area contributed by atoms with Crippen LogP contribution in [0.1, 0.15) is 11.7 Å². The summed E-state index contributed by atoms with van der Waals surface area (Å²) >= 11 is 0. The predicted octanol–water partition coefficient (Wildman–Crippen LogP) is 1.51. The van der Waals surface area contributed by atoms with Gasteiger partial charge in [0.2, 0.25) is 0 Å². The van der Waals surface area contributed by atoms with E-state index >= 15 is 0 Å². The average Bonchev–Trinajstić information content (AvgIpc) is 2.38. The van der Waals surface area contributed by atoms with Crippen molar-refractivity contribution in [2.24, 2.45) is 0 Å². The van der Waals surface area contributed by atoms with Gasteiger partial charge in [0.05, 0.1) is 20.3 Å². The molecule has 1 rings (SSSR count). The summed E-state index contributed by atoms with van der Waals surface area (Å²) in [5.74, 6) is 1.35. The molecule has 0 aliphatic heterocycles. The van der Waals surface area contributed by atoms with Crippen LogP contribution in [0.2, 0.25) is 0 Å². The van der Waals surface area contributed by atoms with Gasteiger partial charge in [-0.2, -0.15) is 0 Å². The first-order valence-corrected chi connectivity index (χ1v) is 5.44. The van der Waals surface area contributed by atoms with Gasteiger partial charge < -0.3 is 19.9 Å². The molecule has 1 aromatic carbocycles. The van der Waals surface area contributed by atoms with Crippen molar-refractivity contribution in [3.8, 4) is 11.5 Å². The number of hydrogen-bond acceptors (Lipinski definition) is 4. The smallest absolute Gasteiger partial charge is 0.124 e. The summed E-state index contributed by atoms with van der Waals surface area (Å²) in [5, 5.41) is 13.1. The average molecular weight is 237 g/mol. The number of aliphatic hydroxyl groups is 1. The van der Waals surface area contributed by atoms with Gasteiger partial charge in [0, 0.05) is 18.7 Å². The number of methoxy groups -OCH3 is 2. The Morgan fingerprint density at radius 1 is 1.41 bits per heavy atom. The van der Waals surface area contributed by atoms with Gasteiger partial charge in [0.1, 0.15) is 11.5 Å². The van der Waals surface area contributed by atoms with E-state index in [1.807, 2.05) is 0 Å². The molecule has 1 atom stereocenters. The largest absolute Gasteiger partial charge is 0.497 e. The van der Waals surface area contributed by atoms with Gasteiger partial charge in [0.25, 0.3) is 0 Å². The van der Waals surface area contributed by atoms with E-state index in [0.29, 0.717) is 30.2 Å². The first kappa shape index (κ1) is 13.5. The van der Waals surface area contributed by atoms with Crippen LogP contribution in [0.15, 0.2) is 30.9 Å². The van der Waals surface area contributed by atoms with Crippen LogP contribution in [0.3, 0.4) is 0 Å². The lowest BCUT2D eigenvalue weighted by Crippen LogP contribution is -2.21. The molecular weight excluding hydrogens is 218 g/mol. The van der Waals surface area contributed by atoms with Gasteiger partial charge in [-0.15, -0.1) is 6.58 Å². The van der Waals surface area contributed by atoms with E-state index in [0.717, 1.165) is 0 Å². The Kier molecular flexibility index (Phi) is 5.52. The van der Waals surface area contributed by atoms with Crippen molar-refractivity contribution in [1.82, 2.24) is 5.32 Å². The maximum Gasteiger partial charge on any atom is 0.124 e. The predicted molar refractivity (Wildman–Crippen MR) is 67.6 cm³/mol. The van der Waals surface area contributed by atoms with E-state index in [9.17, 15) is 5.11 Å². The van der Waals surface area contributed by atoms with Crippen molar-refractivity contribution in [3.63, 3.8) is 0 Å². The lowest BCUT2D eigenvalue weighted by atomic mass is 10.1. The molecule has 94 valence electrons. The van der Waals surface area contributed by atoms with Crippen LogP contribution < -0.4 is 14.8 Å². The number of hydrogen-bond donors (Lipinski definition) is 2. The fraction of sp³-hybridized carbons (Fsp3) is 0.385. The summed E-state index contributed by atoms with van der Waals surface area (Å²) in [4.78, 5) is 0. The second-order valence-corrected chi connectivity index (χ2v) is 3.57. The van der Waals surface area contributed by atoms with Gasteiger partial charge in [-0.3, -0.25) is 0 Å². The molecular formula is C13H19NO3. The van der Waals surface area contributed by atoms with E-state index in [1.165, 1.54) is 0 Å². The second-order valence-electron chi connectivity index (χ2n) is 3.57. The van der Waals surface area contributed by atoms with Gasteiger partial charge >= 0.3 is 0 Å². The molecule has 0 aliphatic carbocycles. The third-order valence-electron chi connectivity index (χ3n) is 2.42. The Hall–Kier alpha value is -1.52. The molecule has 2 N–H and O–H groups in total. The zero-order chi connectivity index (χ0) is 12.7. The molecule has 1 aromatic rings. The minimum atomic E-state index is -0.639. The highest BCUT2D eigenvalue weighted by Crippen LogP contribution is 2.28. The number of benzene rings is 1. The van der Waals surface area contributed by atoms with Gasteiger partial charge in [0.15, 0.2) is 0 Å². The zero-order valence-corrected chi connectivity index (χ0v) is 10.3. The molecule has 4 nitrogen and oxygen atoms in total. The van der Waals surface area contributed by atoms with Crippen molar-refractivity contribution in [2.45, 2.75) is 6.10 Å². The zero-order valence-electron chi connectivity index (χ0n) is 10.3. The minimum Gasteiger partial charge on any atom is -0.497 e. The second kappa shape index (κ2) is 6.93. The van der Waals surface area contributed by atoms with E-state index in [2.05, 4.69) is 11.9 Å². The lowest BCUT2D eigenvalue weighted by Gasteiger charge is -2.16. The number of nitrogens with one attached hydrogen (secondary N) is 1. The molecule has 4 heteroatoms. The highest BCUT2D eigenvalue weighted by Gasteiger charge is 2.13.